The maximum atomic E-state index is 13.3. The normalized spacial score (nSPS) is 25.0. The predicted octanol–water partition coefficient (Wildman–Crippen LogP) is 4.30. The molecule has 1 aliphatic carbocycles. The Morgan fingerprint density at radius 3 is 2.38 bits per heavy atom. The smallest absolute Gasteiger partial charge is 0.123 e. The number of rotatable bonds is 2. The highest BCUT2D eigenvalue weighted by Gasteiger charge is 2.36. The lowest BCUT2D eigenvalue weighted by Crippen LogP contribution is -2.45. The first-order valence-electron chi connectivity index (χ1n) is 8.59. The second kappa shape index (κ2) is 6.47. The van der Waals surface area contributed by atoms with E-state index in [4.69, 9.17) is 11.6 Å². The highest BCUT2D eigenvalue weighted by Crippen LogP contribution is 2.47. The van der Waals surface area contributed by atoms with Gasteiger partial charge in [0, 0.05) is 43.2 Å². The van der Waals surface area contributed by atoms with Crippen LogP contribution in [0.2, 0.25) is 5.02 Å². The van der Waals surface area contributed by atoms with Gasteiger partial charge in [0.1, 0.15) is 5.82 Å². The first kappa shape index (κ1) is 16.1. The van der Waals surface area contributed by atoms with E-state index in [1.807, 2.05) is 18.2 Å². The molecule has 4 rings (SSSR count). The minimum Gasteiger partial charge on any atom is -0.304 e. The Morgan fingerprint density at radius 1 is 0.958 bits per heavy atom. The van der Waals surface area contributed by atoms with Gasteiger partial charge in [0.15, 0.2) is 0 Å². The van der Waals surface area contributed by atoms with Gasteiger partial charge in [0.05, 0.1) is 0 Å². The number of benzene rings is 2. The molecule has 1 aliphatic heterocycles. The topological polar surface area (TPSA) is 6.48 Å². The molecule has 0 N–H and O–H groups in total. The van der Waals surface area contributed by atoms with Gasteiger partial charge in [-0.3, -0.25) is 4.90 Å². The molecule has 0 amide bonds. The van der Waals surface area contributed by atoms with Crippen molar-refractivity contribution in [1.82, 2.24) is 9.80 Å². The van der Waals surface area contributed by atoms with E-state index in [0.717, 1.165) is 37.6 Å². The van der Waals surface area contributed by atoms with Crippen LogP contribution in [0.4, 0.5) is 4.39 Å². The van der Waals surface area contributed by atoms with Crippen molar-refractivity contribution in [2.75, 3.05) is 33.2 Å². The summed E-state index contributed by atoms with van der Waals surface area (Å²) in [5, 5.41) is 0.799. The van der Waals surface area contributed by atoms with E-state index in [-0.39, 0.29) is 5.82 Å². The molecule has 1 saturated heterocycles. The predicted molar refractivity (Wildman–Crippen MR) is 96.1 cm³/mol. The highest BCUT2D eigenvalue weighted by molar-refractivity contribution is 6.30. The van der Waals surface area contributed by atoms with E-state index < -0.39 is 0 Å². The van der Waals surface area contributed by atoms with Gasteiger partial charge in [-0.1, -0.05) is 29.8 Å². The number of hydrogen-bond donors (Lipinski definition) is 0. The third-order valence-electron chi connectivity index (χ3n) is 5.49. The molecule has 24 heavy (non-hydrogen) atoms. The first-order chi connectivity index (χ1) is 11.6. The molecule has 2 aromatic carbocycles. The van der Waals surface area contributed by atoms with Crippen LogP contribution in [0, 0.1) is 5.82 Å². The summed E-state index contributed by atoms with van der Waals surface area (Å²) in [5.74, 6) is 0.145. The molecule has 0 spiro atoms. The zero-order chi connectivity index (χ0) is 16.7. The molecule has 4 heteroatoms. The fourth-order valence-corrected chi connectivity index (χ4v) is 4.30. The van der Waals surface area contributed by atoms with E-state index >= 15 is 0 Å². The van der Waals surface area contributed by atoms with Crippen molar-refractivity contribution in [3.8, 4) is 0 Å². The maximum absolute atomic E-state index is 13.3. The van der Waals surface area contributed by atoms with E-state index in [2.05, 4.69) is 29.0 Å². The van der Waals surface area contributed by atoms with Gasteiger partial charge in [-0.25, -0.2) is 4.39 Å². The SMILES string of the molecule is CN1CCN([C@H]2C[C@@H](c3ccc(F)cc3)c3ccc(Cl)cc32)CC1. The van der Waals surface area contributed by atoms with Crippen molar-refractivity contribution in [1.29, 1.82) is 0 Å². The van der Waals surface area contributed by atoms with Crippen LogP contribution in [0.3, 0.4) is 0 Å². The summed E-state index contributed by atoms with van der Waals surface area (Å²) < 4.78 is 13.3. The molecule has 0 saturated carbocycles. The van der Waals surface area contributed by atoms with E-state index in [9.17, 15) is 4.39 Å². The minimum atomic E-state index is -0.177. The van der Waals surface area contributed by atoms with Crippen LogP contribution in [0.15, 0.2) is 42.5 Å². The Balaban J connectivity index is 1.68. The van der Waals surface area contributed by atoms with Gasteiger partial charge in [0.25, 0.3) is 0 Å². The molecule has 1 heterocycles. The van der Waals surface area contributed by atoms with Gasteiger partial charge >= 0.3 is 0 Å². The first-order valence-corrected chi connectivity index (χ1v) is 8.97. The van der Waals surface area contributed by atoms with Gasteiger partial charge < -0.3 is 4.90 Å². The molecule has 0 radical (unpaired) electrons. The molecule has 2 aromatic rings. The van der Waals surface area contributed by atoms with Crippen LogP contribution in [0.1, 0.15) is 35.1 Å². The molecule has 1 fully saturated rings. The Kier molecular flexibility index (Phi) is 4.33. The van der Waals surface area contributed by atoms with Crippen molar-refractivity contribution in [3.63, 3.8) is 0 Å². The number of nitrogens with zero attached hydrogens (tertiary/aromatic N) is 2. The molecular formula is C20H22ClFN2. The summed E-state index contributed by atoms with van der Waals surface area (Å²) >= 11 is 6.29. The second-order valence-electron chi connectivity index (χ2n) is 6.97. The van der Waals surface area contributed by atoms with E-state index in [1.54, 1.807) is 12.1 Å². The van der Waals surface area contributed by atoms with Crippen molar-refractivity contribution < 1.29 is 4.39 Å². The average molecular weight is 345 g/mol. The lowest BCUT2D eigenvalue weighted by molar-refractivity contribution is 0.110. The van der Waals surface area contributed by atoms with Crippen LogP contribution in [-0.2, 0) is 0 Å². The molecule has 2 atom stereocenters. The number of fused-ring (bicyclic) bond motifs is 1. The Morgan fingerprint density at radius 2 is 1.67 bits per heavy atom. The summed E-state index contributed by atoms with van der Waals surface area (Å²) in [5.41, 5.74) is 3.88. The lowest BCUT2D eigenvalue weighted by atomic mass is 9.93. The fraction of sp³-hybridized carbons (Fsp3) is 0.400. The molecule has 2 nitrogen and oxygen atoms in total. The maximum Gasteiger partial charge on any atom is 0.123 e. The monoisotopic (exact) mass is 344 g/mol. The average Bonchev–Trinajstić information content (AvgIpc) is 2.95. The fourth-order valence-electron chi connectivity index (χ4n) is 4.12. The summed E-state index contributed by atoms with van der Waals surface area (Å²) in [4.78, 5) is 4.96. The largest absolute Gasteiger partial charge is 0.304 e. The molecular weight excluding hydrogens is 323 g/mol. The third kappa shape index (κ3) is 2.97. The standard InChI is InChI=1S/C20H22ClFN2/c1-23-8-10-24(11-9-23)20-13-18(14-2-5-16(22)6-3-14)17-7-4-15(21)12-19(17)20/h2-7,12,18,20H,8-11,13H2,1H3/t18-,20-/m0/s1. The number of piperazine rings is 1. The molecule has 0 bridgehead atoms. The van der Waals surface area contributed by atoms with Crippen LogP contribution >= 0.6 is 11.6 Å². The Bertz CT molecular complexity index is 723. The molecule has 2 aliphatic rings. The van der Waals surface area contributed by atoms with Gasteiger partial charge in [0.2, 0.25) is 0 Å². The van der Waals surface area contributed by atoms with Crippen molar-refractivity contribution in [2.45, 2.75) is 18.4 Å². The minimum absolute atomic E-state index is 0.177. The quantitative estimate of drug-likeness (QED) is 0.801. The summed E-state index contributed by atoms with van der Waals surface area (Å²) in [6, 6.07) is 13.6. The highest BCUT2D eigenvalue weighted by atomic mass is 35.5. The van der Waals surface area contributed by atoms with Crippen molar-refractivity contribution in [3.05, 3.63) is 70.0 Å². The van der Waals surface area contributed by atoms with Crippen molar-refractivity contribution >= 4 is 11.6 Å². The molecule has 0 aromatic heterocycles. The Hall–Kier alpha value is -1.42. The van der Waals surface area contributed by atoms with Crippen molar-refractivity contribution in [2.24, 2.45) is 0 Å². The number of hydrogen-bond acceptors (Lipinski definition) is 2. The van der Waals surface area contributed by atoms with Gasteiger partial charge in [-0.15, -0.1) is 0 Å². The second-order valence-corrected chi connectivity index (χ2v) is 7.40. The lowest BCUT2D eigenvalue weighted by Gasteiger charge is -2.37. The van der Waals surface area contributed by atoms with Gasteiger partial charge in [-0.2, -0.15) is 0 Å². The number of halogens is 2. The van der Waals surface area contributed by atoms with E-state index in [0.29, 0.717) is 12.0 Å². The number of likely N-dealkylation sites (N-methyl/N-ethyl adjacent to an activating group) is 1. The van der Waals surface area contributed by atoms with Crippen LogP contribution < -0.4 is 0 Å². The summed E-state index contributed by atoms with van der Waals surface area (Å²) in [7, 11) is 2.18. The van der Waals surface area contributed by atoms with Crippen LogP contribution in [-0.4, -0.2) is 43.0 Å². The zero-order valence-electron chi connectivity index (χ0n) is 13.9. The molecule has 126 valence electrons. The van der Waals surface area contributed by atoms with Gasteiger partial charge in [-0.05, 0) is 54.4 Å². The zero-order valence-corrected chi connectivity index (χ0v) is 14.6. The van der Waals surface area contributed by atoms with E-state index in [1.165, 1.54) is 16.7 Å². The third-order valence-corrected chi connectivity index (χ3v) is 5.73. The van der Waals surface area contributed by atoms with Crippen LogP contribution in [0.5, 0.6) is 0 Å². The molecule has 0 unspecified atom stereocenters. The summed E-state index contributed by atoms with van der Waals surface area (Å²) in [6.45, 7) is 4.38. The van der Waals surface area contributed by atoms with Crippen LogP contribution in [0.25, 0.3) is 0 Å². The Labute approximate surface area is 147 Å². The summed E-state index contributed by atoms with van der Waals surface area (Å²) in [6.07, 6.45) is 1.05.